The average molecular weight is 397 g/mol. The Balaban J connectivity index is 1.53. The molecule has 0 aromatic heterocycles. The summed E-state index contributed by atoms with van der Waals surface area (Å²) in [5.74, 6) is 0.994. The number of para-hydroxylation sites is 1. The molecule has 1 saturated heterocycles. The fourth-order valence-corrected chi connectivity index (χ4v) is 3.60. The summed E-state index contributed by atoms with van der Waals surface area (Å²) in [5, 5.41) is 12.3. The van der Waals surface area contributed by atoms with Crippen LogP contribution in [0.15, 0.2) is 72.8 Å². The SMILES string of the molecule is N#Cc1ccc(Oc2ccccc2)cc1NC(=O)c1cccc(N2CCCCC2)c1. The van der Waals surface area contributed by atoms with Gasteiger partial charge in [-0.05, 0) is 61.7 Å². The summed E-state index contributed by atoms with van der Waals surface area (Å²) in [4.78, 5) is 15.2. The monoisotopic (exact) mass is 397 g/mol. The second-order valence-corrected chi connectivity index (χ2v) is 7.29. The summed E-state index contributed by atoms with van der Waals surface area (Å²) < 4.78 is 5.84. The fraction of sp³-hybridized carbons (Fsp3) is 0.200. The first kappa shape index (κ1) is 19.5. The van der Waals surface area contributed by atoms with Crippen LogP contribution in [-0.4, -0.2) is 19.0 Å². The maximum Gasteiger partial charge on any atom is 0.255 e. The highest BCUT2D eigenvalue weighted by atomic mass is 16.5. The maximum atomic E-state index is 12.9. The lowest BCUT2D eigenvalue weighted by Crippen LogP contribution is -2.29. The van der Waals surface area contributed by atoms with E-state index >= 15 is 0 Å². The Morgan fingerprint density at radius 2 is 1.70 bits per heavy atom. The third-order valence-corrected chi connectivity index (χ3v) is 5.17. The number of carbonyl (C=O) groups is 1. The van der Waals surface area contributed by atoms with E-state index in [2.05, 4.69) is 16.3 Å². The molecule has 1 fully saturated rings. The van der Waals surface area contributed by atoms with E-state index in [0.29, 0.717) is 28.3 Å². The molecule has 1 N–H and O–H groups in total. The molecule has 1 aliphatic rings. The van der Waals surface area contributed by atoms with E-state index in [4.69, 9.17) is 4.74 Å². The van der Waals surface area contributed by atoms with Crippen LogP contribution in [-0.2, 0) is 0 Å². The van der Waals surface area contributed by atoms with Crippen LogP contribution in [0.1, 0.15) is 35.2 Å². The molecule has 3 aromatic rings. The molecule has 0 unspecified atom stereocenters. The van der Waals surface area contributed by atoms with E-state index in [1.165, 1.54) is 19.3 Å². The van der Waals surface area contributed by atoms with Gasteiger partial charge in [0, 0.05) is 30.4 Å². The number of nitriles is 1. The van der Waals surface area contributed by atoms with E-state index in [1.54, 1.807) is 24.3 Å². The Morgan fingerprint density at radius 3 is 2.47 bits per heavy atom. The van der Waals surface area contributed by atoms with Crippen LogP contribution in [0, 0.1) is 11.3 Å². The van der Waals surface area contributed by atoms with Crippen molar-refractivity contribution in [3.05, 3.63) is 83.9 Å². The summed E-state index contributed by atoms with van der Waals surface area (Å²) in [6.45, 7) is 2.03. The van der Waals surface area contributed by atoms with Crippen LogP contribution < -0.4 is 15.0 Å². The lowest BCUT2D eigenvalue weighted by molar-refractivity contribution is 0.102. The van der Waals surface area contributed by atoms with E-state index in [-0.39, 0.29) is 5.91 Å². The second-order valence-electron chi connectivity index (χ2n) is 7.29. The normalized spacial score (nSPS) is 13.4. The standard InChI is InChI=1S/C25H23N3O2/c26-18-20-12-13-23(30-22-10-3-1-4-11-22)17-24(20)27-25(29)19-8-7-9-21(16-19)28-14-5-2-6-15-28/h1,3-4,7-13,16-17H,2,5-6,14-15H2,(H,27,29). The lowest BCUT2D eigenvalue weighted by Gasteiger charge is -2.29. The van der Waals surface area contributed by atoms with Gasteiger partial charge in [0.25, 0.3) is 5.91 Å². The van der Waals surface area contributed by atoms with Crippen LogP contribution in [0.3, 0.4) is 0 Å². The van der Waals surface area contributed by atoms with Gasteiger partial charge in [0.05, 0.1) is 11.3 Å². The average Bonchev–Trinajstić information content (AvgIpc) is 2.81. The molecule has 3 aromatic carbocycles. The van der Waals surface area contributed by atoms with Gasteiger partial charge in [0.2, 0.25) is 0 Å². The summed E-state index contributed by atoms with van der Waals surface area (Å²) >= 11 is 0. The zero-order valence-electron chi connectivity index (χ0n) is 16.7. The number of ether oxygens (including phenoxy) is 1. The van der Waals surface area contributed by atoms with Gasteiger partial charge >= 0.3 is 0 Å². The van der Waals surface area contributed by atoms with Crippen molar-refractivity contribution in [1.29, 1.82) is 5.26 Å². The smallest absolute Gasteiger partial charge is 0.255 e. The topological polar surface area (TPSA) is 65.4 Å². The number of anilines is 2. The first-order valence-electron chi connectivity index (χ1n) is 10.2. The van der Waals surface area contributed by atoms with Crippen molar-refractivity contribution in [1.82, 2.24) is 0 Å². The Kier molecular flexibility index (Phi) is 5.95. The predicted molar refractivity (Wildman–Crippen MR) is 118 cm³/mol. The Morgan fingerprint density at radius 1 is 0.900 bits per heavy atom. The highest BCUT2D eigenvalue weighted by Gasteiger charge is 2.15. The minimum absolute atomic E-state index is 0.248. The first-order valence-corrected chi connectivity index (χ1v) is 10.2. The lowest BCUT2D eigenvalue weighted by atomic mass is 10.1. The molecule has 0 bridgehead atoms. The summed E-state index contributed by atoms with van der Waals surface area (Å²) in [7, 11) is 0. The number of benzene rings is 3. The number of hydrogen-bond donors (Lipinski definition) is 1. The van der Waals surface area contributed by atoms with Crippen LogP contribution >= 0.6 is 0 Å². The quantitative estimate of drug-likeness (QED) is 0.609. The maximum absolute atomic E-state index is 12.9. The molecular formula is C25H23N3O2. The van der Waals surface area contributed by atoms with Gasteiger partial charge in [-0.25, -0.2) is 0 Å². The summed E-state index contributed by atoms with van der Waals surface area (Å²) in [5.41, 5.74) is 2.44. The molecule has 30 heavy (non-hydrogen) atoms. The van der Waals surface area contributed by atoms with E-state index < -0.39 is 0 Å². The number of carbonyl (C=O) groups excluding carboxylic acids is 1. The predicted octanol–water partition coefficient (Wildman–Crippen LogP) is 5.59. The Hall–Kier alpha value is -3.78. The molecule has 1 amide bonds. The molecule has 1 heterocycles. The number of nitrogens with one attached hydrogen (secondary N) is 1. The Bertz CT molecular complexity index is 1070. The highest BCUT2D eigenvalue weighted by Crippen LogP contribution is 2.27. The minimum atomic E-state index is -0.248. The molecule has 5 heteroatoms. The Labute approximate surface area is 176 Å². The molecule has 4 rings (SSSR count). The van der Waals surface area contributed by atoms with Gasteiger partial charge in [-0.3, -0.25) is 4.79 Å². The van der Waals surface area contributed by atoms with Crippen LogP contribution in [0.5, 0.6) is 11.5 Å². The largest absolute Gasteiger partial charge is 0.457 e. The molecule has 0 aliphatic carbocycles. The van der Waals surface area contributed by atoms with Crippen molar-refractivity contribution in [2.75, 3.05) is 23.3 Å². The van der Waals surface area contributed by atoms with E-state index in [1.807, 2.05) is 48.5 Å². The number of rotatable bonds is 5. The molecule has 0 spiro atoms. The van der Waals surface area contributed by atoms with Crippen LogP contribution in [0.2, 0.25) is 0 Å². The van der Waals surface area contributed by atoms with E-state index in [0.717, 1.165) is 18.8 Å². The first-order chi connectivity index (χ1) is 14.7. The van der Waals surface area contributed by atoms with E-state index in [9.17, 15) is 10.1 Å². The number of hydrogen-bond acceptors (Lipinski definition) is 4. The van der Waals surface area contributed by atoms with Gasteiger partial charge in [-0.2, -0.15) is 5.26 Å². The molecular weight excluding hydrogens is 374 g/mol. The van der Waals surface area contributed by atoms with Gasteiger partial charge in [0.1, 0.15) is 17.6 Å². The number of nitrogens with zero attached hydrogens (tertiary/aromatic N) is 2. The van der Waals surface area contributed by atoms with Gasteiger partial charge in [0.15, 0.2) is 0 Å². The van der Waals surface area contributed by atoms with Crippen molar-refractivity contribution in [3.63, 3.8) is 0 Å². The van der Waals surface area contributed by atoms with Crippen molar-refractivity contribution in [2.45, 2.75) is 19.3 Å². The summed E-state index contributed by atoms with van der Waals surface area (Å²) in [6.07, 6.45) is 3.61. The zero-order valence-corrected chi connectivity index (χ0v) is 16.7. The van der Waals surface area contributed by atoms with Crippen molar-refractivity contribution in [3.8, 4) is 17.6 Å². The van der Waals surface area contributed by atoms with Crippen molar-refractivity contribution < 1.29 is 9.53 Å². The second kappa shape index (κ2) is 9.15. The summed E-state index contributed by atoms with van der Waals surface area (Å²) in [6, 6.07) is 24.2. The highest BCUT2D eigenvalue weighted by molar-refractivity contribution is 6.05. The molecule has 0 radical (unpaired) electrons. The molecule has 0 atom stereocenters. The van der Waals surface area contributed by atoms with Gasteiger partial charge < -0.3 is 15.0 Å². The third-order valence-electron chi connectivity index (χ3n) is 5.17. The van der Waals surface area contributed by atoms with Crippen molar-refractivity contribution >= 4 is 17.3 Å². The third kappa shape index (κ3) is 4.61. The number of amides is 1. The molecule has 1 aliphatic heterocycles. The fourth-order valence-electron chi connectivity index (χ4n) is 3.60. The molecule has 150 valence electrons. The zero-order chi connectivity index (χ0) is 20.8. The minimum Gasteiger partial charge on any atom is -0.457 e. The van der Waals surface area contributed by atoms with Gasteiger partial charge in [-0.1, -0.05) is 24.3 Å². The van der Waals surface area contributed by atoms with Crippen LogP contribution in [0.4, 0.5) is 11.4 Å². The van der Waals surface area contributed by atoms with Crippen LogP contribution in [0.25, 0.3) is 0 Å². The number of piperidine rings is 1. The van der Waals surface area contributed by atoms with Gasteiger partial charge in [-0.15, -0.1) is 0 Å². The van der Waals surface area contributed by atoms with Crippen molar-refractivity contribution in [2.24, 2.45) is 0 Å². The molecule has 0 saturated carbocycles. The molecule has 5 nitrogen and oxygen atoms in total.